The molecule has 7 nitrogen and oxygen atoms in total. The molecule has 0 aliphatic carbocycles. The van der Waals surface area contributed by atoms with Crippen molar-refractivity contribution in [2.45, 2.75) is 0 Å². The standard InChI is InChI=1S/C18H16N4O3/c1-22-18(25)9-8-16(21-22)12-2-5-14(6-3-12)20-19-11-13-4-7-15(23)10-17(13)24/h2-11,20,23-24H,1H3/b19-11+. The largest absolute Gasteiger partial charge is 0.508 e. The van der Waals surface area contributed by atoms with Gasteiger partial charge in [-0.05, 0) is 30.3 Å². The molecule has 0 saturated carbocycles. The number of hydrazone groups is 1. The summed E-state index contributed by atoms with van der Waals surface area (Å²) in [6.45, 7) is 0. The van der Waals surface area contributed by atoms with E-state index in [1.165, 1.54) is 29.1 Å². The van der Waals surface area contributed by atoms with Gasteiger partial charge in [0.1, 0.15) is 11.5 Å². The van der Waals surface area contributed by atoms with Crippen LogP contribution in [0.4, 0.5) is 5.69 Å². The van der Waals surface area contributed by atoms with E-state index in [2.05, 4.69) is 15.6 Å². The highest BCUT2D eigenvalue weighted by molar-refractivity contribution is 5.84. The van der Waals surface area contributed by atoms with Crippen molar-refractivity contribution in [3.63, 3.8) is 0 Å². The second-order valence-electron chi connectivity index (χ2n) is 5.37. The van der Waals surface area contributed by atoms with Gasteiger partial charge in [-0.3, -0.25) is 10.2 Å². The van der Waals surface area contributed by atoms with Crippen LogP contribution >= 0.6 is 0 Å². The number of rotatable bonds is 4. The Morgan fingerprint density at radius 1 is 1.08 bits per heavy atom. The number of phenolic OH excluding ortho intramolecular Hbond substituents is 2. The summed E-state index contributed by atoms with van der Waals surface area (Å²) in [5.41, 5.74) is 5.51. The van der Waals surface area contributed by atoms with E-state index in [9.17, 15) is 15.0 Å². The molecule has 0 saturated heterocycles. The first-order chi connectivity index (χ1) is 12.0. The number of aromatic nitrogens is 2. The van der Waals surface area contributed by atoms with Gasteiger partial charge in [0.2, 0.25) is 0 Å². The molecule has 1 aromatic heterocycles. The molecule has 0 aliphatic heterocycles. The summed E-state index contributed by atoms with van der Waals surface area (Å²) < 4.78 is 1.29. The van der Waals surface area contributed by atoms with Crippen molar-refractivity contribution in [3.8, 4) is 22.8 Å². The summed E-state index contributed by atoms with van der Waals surface area (Å²) in [6, 6.07) is 14.8. The second-order valence-corrected chi connectivity index (χ2v) is 5.37. The SMILES string of the molecule is Cn1nc(-c2ccc(N/N=C/c3ccc(O)cc3O)cc2)ccc1=O. The number of phenols is 2. The lowest BCUT2D eigenvalue weighted by Crippen LogP contribution is -2.18. The van der Waals surface area contributed by atoms with Gasteiger partial charge in [0.25, 0.3) is 5.56 Å². The van der Waals surface area contributed by atoms with Crippen LogP contribution in [0.25, 0.3) is 11.3 Å². The predicted octanol–water partition coefficient (Wildman–Crippen LogP) is 2.30. The predicted molar refractivity (Wildman–Crippen MR) is 95.9 cm³/mol. The molecule has 3 rings (SSSR count). The van der Waals surface area contributed by atoms with Gasteiger partial charge in [-0.15, -0.1) is 0 Å². The van der Waals surface area contributed by atoms with Gasteiger partial charge in [0, 0.05) is 30.3 Å². The van der Waals surface area contributed by atoms with Gasteiger partial charge in [-0.2, -0.15) is 10.2 Å². The summed E-state index contributed by atoms with van der Waals surface area (Å²) in [4.78, 5) is 11.4. The molecule has 0 fully saturated rings. The minimum absolute atomic E-state index is 0.00906. The van der Waals surface area contributed by atoms with Crippen LogP contribution in [0.3, 0.4) is 0 Å². The number of anilines is 1. The topological polar surface area (TPSA) is 99.7 Å². The maximum Gasteiger partial charge on any atom is 0.266 e. The van der Waals surface area contributed by atoms with Gasteiger partial charge >= 0.3 is 0 Å². The highest BCUT2D eigenvalue weighted by Crippen LogP contribution is 2.21. The maximum atomic E-state index is 11.4. The highest BCUT2D eigenvalue weighted by atomic mass is 16.3. The Hall–Kier alpha value is -3.61. The molecule has 0 amide bonds. The zero-order valence-electron chi connectivity index (χ0n) is 13.4. The third-order valence-electron chi connectivity index (χ3n) is 3.55. The Labute approximate surface area is 143 Å². The van der Waals surface area contributed by atoms with Crippen LogP contribution in [0.15, 0.2) is 64.5 Å². The van der Waals surface area contributed by atoms with E-state index in [4.69, 9.17) is 0 Å². The minimum Gasteiger partial charge on any atom is -0.508 e. The third-order valence-corrected chi connectivity index (χ3v) is 3.55. The molecule has 1 heterocycles. The molecule has 2 aromatic carbocycles. The van der Waals surface area contributed by atoms with Crippen LogP contribution in [-0.2, 0) is 7.05 Å². The Morgan fingerprint density at radius 3 is 2.52 bits per heavy atom. The van der Waals surface area contributed by atoms with E-state index in [0.29, 0.717) is 11.3 Å². The first kappa shape index (κ1) is 16.3. The fourth-order valence-corrected chi connectivity index (χ4v) is 2.19. The summed E-state index contributed by atoms with van der Waals surface area (Å²) in [5, 5.41) is 27.2. The lowest BCUT2D eigenvalue weighted by atomic mass is 10.1. The molecule has 7 heteroatoms. The number of nitrogens with zero attached hydrogens (tertiary/aromatic N) is 3. The van der Waals surface area contributed by atoms with Crippen molar-refractivity contribution < 1.29 is 10.2 Å². The first-order valence-electron chi connectivity index (χ1n) is 7.49. The van der Waals surface area contributed by atoms with Crippen molar-refractivity contribution in [1.29, 1.82) is 0 Å². The number of nitrogens with one attached hydrogen (secondary N) is 1. The quantitative estimate of drug-likeness (QED) is 0.501. The van der Waals surface area contributed by atoms with E-state index in [0.717, 1.165) is 11.3 Å². The number of hydrogen-bond donors (Lipinski definition) is 3. The number of aryl methyl sites for hydroxylation is 1. The molecule has 3 N–H and O–H groups in total. The van der Waals surface area contributed by atoms with Crippen LogP contribution in [0.5, 0.6) is 11.5 Å². The van der Waals surface area contributed by atoms with Gasteiger partial charge < -0.3 is 10.2 Å². The Morgan fingerprint density at radius 2 is 1.84 bits per heavy atom. The monoisotopic (exact) mass is 336 g/mol. The molecule has 0 spiro atoms. The van der Waals surface area contributed by atoms with Crippen molar-refractivity contribution >= 4 is 11.9 Å². The molecular formula is C18H16N4O3. The Bertz CT molecular complexity index is 978. The summed E-state index contributed by atoms with van der Waals surface area (Å²) in [5.74, 6) is -0.0631. The Balaban J connectivity index is 1.71. The lowest BCUT2D eigenvalue weighted by molar-refractivity contribution is 0.450. The van der Waals surface area contributed by atoms with E-state index in [1.54, 1.807) is 19.2 Å². The third kappa shape index (κ3) is 3.84. The Kier molecular flexibility index (Phi) is 4.47. The maximum absolute atomic E-state index is 11.4. The molecule has 25 heavy (non-hydrogen) atoms. The van der Waals surface area contributed by atoms with Crippen LogP contribution < -0.4 is 11.0 Å². The van der Waals surface area contributed by atoms with Crippen molar-refractivity contribution in [1.82, 2.24) is 9.78 Å². The van der Waals surface area contributed by atoms with Crippen LogP contribution in [0.2, 0.25) is 0 Å². The molecular weight excluding hydrogens is 320 g/mol. The van der Waals surface area contributed by atoms with Crippen LogP contribution in [0.1, 0.15) is 5.56 Å². The molecule has 0 aliphatic rings. The van der Waals surface area contributed by atoms with Crippen LogP contribution in [-0.4, -0.2) is 26.2 Å². The molecule has 0 unspecified atom stereocenters. The van der Waals surface area contributed by atoms with Gasteiger partial charge in [-0.1, -0.05) is 12.1 Å². The minimum atomic E-state index is -0.158. The van der Waals surface area contributed by atoms with Crippen molar-refractivity contribution in [3.05, 3.63) is 70.5 Å². The average Bonchev–Trinajstić information content (AvgIpc) is 2.60. The first-order valence-corrected chi connectivity index (χ1v) is 7.49. The fourth-order valence-electron chi connectivity index (χ4n) is 2.19. The number of hydrogen-bond acceptors (Lipinski definition) is 6. The number of benzene rings is 2. The molecule has 0 atom stereocenters. The molecule has 0 bridgehead atoms. The zero-order chi connectivity index (χ0) is 17.8. The van der Waals surface area contributed by atoms with Gasteiger partial charge in [-0.25, -0.2) is 4.68 Å². The lowest BCUT2D eigenvalue weighted by Gasteiger charge is -2.05. The smallest absolute Gasteiger partial charge is 0.266 e. The molecule has 0 radical (unpaired) electrons. The molecule has 3 aromatic rings. The summed E-state index contributed by atoms with van der Waals surface area (Å²) in [7, 11) is 1.61. The average molecular weight is 336 g/mol. The zero-order valence-corrected chi connectivity index (χ0v) is 13.4. The second kappa shape index (κ2) is 6.88. The normalized spacial score (nSPS) is 10.9. The van der Waals surface area contributed by atoms with Gasteiger partial charge in [0.15, 0.2) is 0 Å². The fraction of sp³-hybridized carbons (Fsp3) is 0.0556. The summed E-state index contributed by atoms with van der Waals surface area (Å²) >= 11 is 0. The highest BCUT2D eigenvalue weighted by Gasteiger charge is 2.02. The van der Waals surface area contributed by atoms with Crippen molar-refractivity contribution in [2.24, 2.45) is 12.1 Å². The summed E-state index contributed by atoms with van der Waals surface area (Å²) in [6.07, 6.45) is 1.46. The molecule has 126 valence electrons. The van der Waals surface area contributed by atoms with E-state index < -0.39 is 0 Å². The number of aromatic hydroxyl groups is 2. The van der Waals surface area contributed by atoms with Crippen molar-refractivity contribution in [2.75, 3.05) is 5.43 Å². The van der Waals surface area contributed by atoms with Crippen LogP contribution in [0, 0.1) is 0 Å². The van der Waals surface area contributed by atoms with E-state index in [1.807, 2.05) is 24.3 Å². The van der Waals surface area contributed by atoms with Gasteiger partial charge in [0.05, 0.1) is 17.6 Å². The van der Waals surface area contributed by atoms with E-state index in [-0.39, 0.29) is 17.1 Å². The van der Waals surface area contributed by atoms with E-state index >= 15 is 0 Å².